The third-order valence-electron chi connectivity index (χ3n) is 2.58. The molecule has 15 heavy (non-hydrogen) atoms. The molecule has 3 nitrogen and oxygen atoms in total. The van der Waals surface area contributed by atoms with Crippen LogP contribution < -0.4 is 4.90 Å². The first-order valence-corrected chi connectivity index (χ1v) is 5.23. The molecule has 1 aromatic heterocycles. The SMILES string of the molecule is O=C/C=C/c1cccnc1N1CCCC1. The number of rotatable bonds is 3. The molecular weight excluding hydrogens is 188 g/mol. The van der Waals surface area contributed by atoms with Crippen LogP contribution >= 0.6 is 0 Å². The van der Waals surface area contributed by atoms with E-state index in [2.05, 4.69) is 9.88 Å². The highest BCUT2D eigenvalue weighted by atomic mass is 16.1. The molecule has 0 aliphatic carbocycles. The first-order valence-electron chi connectivity index (χ1n) is 5.23. The second kappa shape index (κ2) is 4.73. The van der Waals surface area contributed by atoms with Gasteiger partial charge in [-0.3, -0.25) is 4.79 Å². The number of carbonyl (C=O) groups excluding carboxylic acids is 1. The van der Waals surface area contributed by atoms with E-state index in [1.54, 1.807) is 6.20 Å². The van der Waals surface area contributed by atoms with E-state index in [9.17, 15) is 4.79 Å². The van der Waals surface area contributed by atoms with E-state index in [1.165, 1.54) is 18.9 Å². The highest BCUT2D eigenvalue weighted by Crippen LogP contribution is 2.22. The lowest BCUT2D eigenvalue weighted by molar-refractivity contribution is -0.104. The lowest BCUT2D eigenvalue weighted by Crippen LogP contribution is -2.19. The molecule has 0 amide bonds. The summed E-state index contributed by atoms with van der Waals surface area (Å²) in [6.45, 7) is 2.14. The van der Waals surface area contributed by atoms with Crippen LogP contribution in [0.4, 0.5) is 5.82 Å². The fourth-order valence-electron chi connectivity index (χ4n) is 1.88. The Bertz CT molecular complexity index is 368. The van der Waals surface area contributed by atoms with Gasteiger partial charge >= 0.3 is 0 Å². The maximum absolute atomic E-state index is 10.3. The van der Waals surface area contributed by atoms with Gasteiger partial charge in [-0.05, 0) is 37.1 Å². The summed E-state index contributed by atoms with van der Waals surface area (Å²) < 4.78 is 0. The zero-order chi connectivity index (χ0) is 10.5. The summed E-state index contributed by atoms with van der Waals surface area (Å²) in [6, 6.07) is 3.88. The first-order chi connectivity index (χ1) is 7.42. The number of hydrogen-bond acceptors (Lipinski definition) is 3. The fraction of sp³-hybridized carbons (Fsp3) is 0.333. The molecule has 0 bridgehead atoms. The van der Waals surface area contributed by atoms with Crippen LogP contribution in [0.5, 0.6) is 0 Å². The Balaban J connectivity index is 2.28. The molecule has 0 radical (unpaired) electrons. The molecule has 2 rings (SSSR count). The van der Waals surface area contributed by atoms with Crippen LogP contribution in [0.1, 0.15) is 18.4 Å². The molecule has 2 heterocycles. The van der Waals surface area contributed by atoms with Gasteiger partial charge in [0.1, 0.15) is 12.1 Å². The predicted octanol–water partition coefficient (Wildman–Crippen LogP) is 1.89. The largest absolute Gasteiger partial charge is 0.356 e. The van der Waals surface area contributed by atoms with Crippen LogP contribution in [-0.2, 0) is 4.79 Å². The Morgan fingerprint density at radius 3 is 2.87 bits per heavy atom. The zero-order valence-electron chi connectivity index (χ0n) is 8.60. The minimum absolute atomic E-state index is 0.792. The van der Waals surface area contributed by atoms with Gasteiger partial charge in [-0.2, -0.15) is 0 Å². The van der Waals surface area contributed by atoms with Crippen LogP contribution in [0, 0.1) is 0 Å². The summed E-state index contributed by atoms with van der Waals surface area (Å²) in [6.07, 6.45) is 8.37. The summed E-state index contributed by atoms with van der Waals surface area (Å²) in [4.78, 5) is 16.9. The lowest BCUT2D eigenvalue weighted by Gasteiger charge is -2.18. The third kappa shape index (κ3) is 2.24. The average Bonchev–Trinajstić information content (AvgIpc) is 2.80. The Labute approximate surface area is 89.4 Å². The molecule has 1 aromatic rings. The zero-order valence-corrected chi connectivity index (χ0v) is 8.60. The maximum Gasteiger partial charge on any atom is 0.142 e. The average molecular weight is 202 g/mol. The van der Waals surface area contributed by atoms with Gasteiger partial charge < -0.3 is 4.90 Å². The third-order valence-corrected chi connectivity index (χ3v) is 2.58. The van der Waals surface area contributed by atoms with Crippen molar-refractivity contribution in [2.24, 2.45) is 0 Å². The van der Waals surface area contributed by atoms with Gasteiger partial charge in [0, 0.05) is 24.8 Å². The predicted molar refractivity (Wildman–Crippen MR) is 60.8 cm³/mol. The number of allylic oxidation sites excluding steroid dienone is 1. The fourth-order valence-corrected chi connectivity index (χ4v) is 1.88. The Kier molecular flexibility index (Phi) is 3.12. The minimum atomic E-state index is 0.792. The first kappa shape index (κ1) is 9.90. The Morgan fingerprint density at radius 2 is 2.13 bits per heavy atom. The molecule has 0 N–H and O–H groups in total. The highest BCUT2D eigenvalue weighted by molar-refractivity contribution is 5.77. The molecule has 1 fully saturated rings. The molecule has 78 valence electrons. The second-order valence-electron chi connectivity index (χ2n) is 3.61. The molecule has 3 heteroatoms. The normalized spacial score (nSPS) is 16.1. The van der Waals surface area contributed by atoms with Crippen molar-refractivity contribution in [3.05, 3.63) is 30.0 Å². The number of aromatic nitrogens is 1. The number of pyridine rings is 1. The highest BCUT2D eigenvalue weighted by Gasteiger charge is 2.15. The smallest absolute Gasteiger partial charge is 0.142 e. The van der Waals surface area contributed by atoms with Gasteiger partial charge in [-0.1, -0.05) is 0 Å². The van der Waals surface area contributed by atoms with Crippen molar-refractivity contribution in [1.29, 1.82) is 0 Å². The second-order valence-corrected chi connectivity index (χ2v) is 3.61. The maximum atomic E-state index is 10.3. The van der Waals surface area contributed by atoms with Crippen molar-refractivity contribution in [2.75, 3.05) is 18.0 Å². The number of carbonyl (C=O) groups is 1. The quantitative estimate of drug-likeness (QED) is 0.554. The van der Waals surface area contributed by atoms with Gasteiger partial charge in [-0.25, -0.2) is 4.98 Å². The van der Waals surface area contributed by atoms with Crippen molar-refractivity contribution in [3.8, 4) is 0 Å². The summed E-state index contributed by atoms with van der Waals surface area (Å²) in [5.74, 6) is 0.994. The molecule has 1 saturated heterocycles. The topological polar surface area (TPSA) is 33.2 Å². The molecule has 0 unspecified atom stereocenters. The van der Waals surface area contributed by atoms with E-state index in [0.29, 0.717) is 0 Å². The van der Waals surface area contributed by atoms with E-state index >= 15 is 0 Å². The van der Waals surface area contributed by atoms with Gasteiger partial charge in [0.15, 0.2) is 0 Å². The summed E-state index contributed by atoms with van der Waals surface area (Å²) >= 11 is 0. The summed E-state index contributed by atoms with van der Waals surface area (Å²) in [7, 11) is 0. The van der Waals surface area contributed by atoms with Gasteiger partial charge in [0.2, 0.25) is 0 Å². The molecular formula is C12H14N2O. The number of hydrogen-bond donors (Lipinski definition) is 0. The number of anilines is 1. The Hall–Kier alpha value is -1.64. The van der Waals surface area contributed by atoms with E-state index in [-0.39, 0.29) is 0 Å². The number of aldehydes is 1. The van der Waals surface area contributed by atoms with Gasteiger partial charge in [0.25, 0.3) is 0 Å². The van der Waals surface area contributed by atoms with Crippen molar-refractivity contribution in [1.82, 2.24) is 4.98 Å². The molecule has 1 aliphatic rings. The summed E-state index contributed by atoms with van der Waals surface area (Å²) in [5, 5.41) is 0. The lowest BCUT2D eigenvalue weighted by atomic mass is 10.2. The van der Waals surface area contributed by atoms with E-state index < -0.39 is 0 Å². The Morgan fingerprint density at radius 1 is 1.33 bits per heavy atom. The van der Waals surface area contributed by atoms with Crippen molar-refractivity contribution < 1.29 is 4.79 Å². The van der Waals surface area contributed by atoms with Gasteiger partial charge in [0.05, 0.1) is 0 Å². The molecule has 0 aromatic carbocycles. The van der Waals surface area contributed by atoms with Crippen LogP contribution in [0.15, 0.2) is 24.4 Å². The van der Waals surface area contributed by atoms with E-state index in [4.69, 9.17) is 0 Å². The monoisotopic (exact) mass is 202 g/mol. The molecule has 0 saturated carbocycles. The molecule has 1 aliphatic heterocycles. The van der Waals surface area contributed by atoms with Crippen LogP contribution in [-0.4, -0.2) is 24.4 Å². The summed E-state index contributed by atoms with van der Waals surface area (Å²) in [5.41, 5.74) is 1.02. The van der Waals surface area contributed by atoms with Crippen LogP contribution in [0.25, 0.3) is 6.08 Å². The standard InChI is InChI=1S/C12H14N2O/c15-10-4-6-11-5-3-7-13-12(11)14-8-1-2-9-14/h3-7,10H,1-2,8-9H2/b6-4+. The van der Waals surface area contributed by atoms with E-state index in [1.807, 2.05) is 18.2 Å². The van der Waals surface area contributed by atoms with Crippen LogP contribution in [0.2, 0.25) is 0 Å². The van der Waals surface area contributed by atoms with Crippen LogP contribution in [0.3, 0.4) is 0 Å². The van der Waals surface area contributed by atoms with Crippen molar-refractivity contribution in [2.45, 2.75) is 12.8 Å². The van der Waals surface area contributed by atoms with Crippen molar-refractivity contribution >= 4 is 18.2 Å². The molecule has 0 atom stereocenters. The van der Waals surface area contributed by atoms with Gasteiger partial charge in [-0.15, -0.1) is 0 Å². The minimum Gasteiger partial charge on any atom is -0.356 e. The molecule has 0 spiro atoms. The van der Waals surface area contributed by atoms with E-state index in [0.717, 1.165) is 30.8 Å². The van der Waals surface area contributed by atoms with Crippen molar-refractivity contribution in [3.63, 3.8) is 0 Å². The number of nitrogens with zero attached hydrogens (tertiary/aromatic N) is 2.